The predicted octanol–water partition coefficient (Wildman–Crippen LogP) is 2.05. The molecule has 2 fully saturated rings. The van der Waals surface area contributed by atoms with Crippen LogP contribution in [0.4, 0.5) is 0 Å². The first kappa shape index (κ1) is 13.8. The number of hydrogen-bond acceptors (Lipinski definition) is 3. The van der Waals surface area contributed by atoms with Crippen molar-refractivity contribution in [3.63, 3.8) is 0 Å². The van der Waals surface area contributed by atoms with Gasteiger partial charge in [-0.05, 0) is 36.8 Å². The molecule has 1 amide bonds. The third kappa shape index (κ3) is 2.82. The van der Waals surface area contributed by atoms with Crippen molar-refractivity contribution in [2.75, 3.05) is 13.1 Å². The molecule has 2 unspecified atom stereocenters. The van der Waals surface area contributed by atoms with E-state index in [1.807, 2.05) is 4.90 Å². The number of likely N-dealkylation sites (tertiary alicyclic amines) is 1. The lowest BCUT2D eigenvalue weighted by atomic mass is 10.0. The van der Waals surface area contributed by atoms with E-state index < -0.39 is 5.97 Å². The monoisotopic (exact) mass is 286 g/mol. The Morgan fingerprint density at radius 1 is 1.29 bits per heavy atom. The van der Waals surface area contributed by atoms with E-state index in [-0.39, 0.29) is 5.91 Å². The molecule has 2 aliphatic rings. The molecule has 1 aliphatic carbocycles. The smallest absolute Gasteiger partial charge is 0.328 e. The summed E-state index contributed by atoms with van der Waals surface area (Å²) in [7, 11) is 0. The first-order chi connectivity index (χ1) is 10.1. The highest BCUT2D eigenvalue weighted by Crippen LogP contribution is 2.38. The van der Waals surface area contributed by atoms with Gasteiger partial charge >= 0.3 is 5.97 Å². The summed E-state index contributed by atoms with van der Waals surface area (Å²) in [6, 6.07) is 1.66. The second kappa shape index (κ2) is 5.68. The van der Waals surface area contributed by atoms with Crippen molar-refractivity contribution in [1.82, 2.24) is 9.88 Å². The van der Waals surface area contributed by atoms with Gasteiger partial charge in [-0.2, -0.15) is 0 Å². The van der Waals surface area contributed by atoms with Crippen LogP contribution in [0.3, 0.4) is 0 Å². The lowest BCUT2D eigenvalue weighted by Gasteiger charge is -2.18. The summed E-state index contributed by atoms with van der Waals surface area (Å²) in [5, 5.41) is 8.72. The van der Waals surface area contributed by atoms with Gasteiger partial charge in [-0.1, -0.05) is 6.42 Å². The van der Waals surface area contributed by atoms with Crippen molar-refractivity contribution < 1.29 is 14.7 Å². The highest BCUT2D eigenvalue weighted by molar-refractivity contribution is 5.99. The lowest BCUT2D eigenvalue weighted by molar-refractivity contribution is -0.131. The zero-order valence-electron chi connectivity index (χ0n) is 11.7. The zero-order valence-corrected chi connectivity index (χ0v) is 11.7. The van der Waals surface area contributed by atoms with Crippen LogP contribution in [0.25, 0.3) is 6.08 Å². The van der Waals surface area contributed by atoms with Gasteiger partial charge in [0.25, 0.3) is 5.91 Å². The highest BCUT2D eigenvalue weighted by Gasteiger charge is 2.38. The maximum absolute atomic E-state index is 12.7. The molecule has 1 N–H and O–H groups in total. The van der Waals surface area contributed by atoms with Crippen molar-refractivity contribution in [1.29, 1.82) is 0 Å². The van der Waals surface area contributed by atoms with E-state index in [1.54, 1.807) is 12.3 Å². The number of pyridine rings is 1. The molecule has 1 aromatic rings. The van der Waals surface area contributed by atoms with Gasteiger partial charge in [0.2, 0.25) is 0 Å². The first-order valence-electron chi connectivity index (χ1n) is 7.29. The number of hydrogen-bond donors (Lipinski definition) is 1. The summed E-state index contributed by atoms with van der Waals surface area (Å²) < 4.78 is 0. The van der Waals surface area contributed by atoms with E-state index in [0.29, 0.717) is 23.0 Å². The standard InChI is InChI=1S/C16H18N2O3/c19-15(20)5-4-11-8-17-7-6-14(11)16(21)18-9-12-2-1-3-13(12)10-18/h4-8,12-13H,1-3,9-10H2,(H,19,20)/b5-4+. The molecule has 0 radical (unpaired) electrons. The van der Waals surface area contributed by atoms with Gasteiger partial charge in [0.1, 0.15) is 0 Å². The number of aromatic nitrogens is 1. The average molecular weight is 286 g/mol. The van der Waals surface area contributed by atoms with E-state index in [9.17, 15) is 9.59 Å². The summed E-state index contributed by atoms with van der Waals surface area (Å²) >= 11 is 0. The van der Waals surface area contributed by atoms with Gasteiger partial charge in [-0.3, -0.25) is 9.78 Å². The number of carbonyl (C=O) groups is 2. The Bertz CT molecular complexity index is 585. The summed E-state index contributed by atoms with van der Waals surface area (Å²) in [5.74, 6) is 0.243. The molecule has 0 spiro atoms. The Kier molecular flexibility index (Phi) is 3.73. The van der Waals surface area contributed by atoms with Gasteiger partial charge < -0.3 is 10.0 Å². The Hall–Kier alpha value is -2.17. The van der Waals surface area contributed by atoms with Crippen LogP contribution < -0.4 is 0 Å². The fraction of sp³-hybridized carbons (Fsp3) is 0.438. The number of carboxylic acid groups (broad SMARTS) is 1. The molecule has 0 bridgehead atoms. The maximum Gasteiger partial charge on any atom is 0.328 e. The van der Waals surface area contributed by atoms with Gasteiger partial charge in [0.05, 0.1) is 0 Å². The number of carboxylic acids is 1. The van der Waals surface area contributed by atoms with Crippen LogP contribution >= 0.6 is 0 Å². The largest absolute Gasteiger partial charge is 0.478 e. The number of fused-ring (bicyclic) bond motifs is 1. The Balaban J connectivity index is 1.80. The van der Waals surface area contributed by atoms with Crippen molar-refractivity contribution in [2.45, 2.75) is 19.3 Å². The molecular weight excluding hydrogens is 268 g/mol. The predicted molar refractivity (Wildman–Crippen MR) is 77.6 cm³/mol. The lowest BCUT2D eigenvalue weighted by Crippen LogP contribution is -2.30. The minimum Gasteiger partial charge on any atom is -0.478 e. The van der Waals surface area contributed by atoms with Crippen LogP contribution in [0, 0.1) is 11.8 Å². The fourth-order valence-corrected chi connectivity index (χ4v) is 3.47. The topological polar surface area (TPSA) is 70.5 Å². The van der Waals surface area contributed by atoms with E-state index in [1.165, 1.54) is 31.5 Å². The van der Waals surface area contributed by atoms with Crippen molar-refractivity contribution in [3.8, 4) is 0 Å². The molecule has 1 aliphatic heterocycles. The number of aliphatic carboxylic acids is 1. The molecular formula is C16H18N2O3. The summed E-state index contributed by atoms with van der Waals surface area (Å²) in [5.41, 5.74) is 1.09. The fourth-order valence-electron chi connectivity index (χ4n) is 3.47. The third-order valence-corrected chi connectivity index (χ3v) is 4.50. The molecule has 5 nitrogen and oxygen atoms in total. The molecule has 5 heteroatoms. The molecule has 1 aromatic heterocycles. The molecule has 21 heavy (non-hydrogen) atoms. The van der Waals surface area contributed by atoms with Crippen molar-refractivity contribution in [2.24, 2.45) is 11.8 Å². The normalized spacial score (nSPS) is 24.5. The molecule has 2 atom stereocenters. The van der Waals surface area contributed by atoms with Gasteiger partial charge in [-0.25, -0.2) is 4.79 Å². The van der Waals surface area contributed by atoms with Crippen molar-refractivity contribution >= 4 is 18.0 Å². The molecule has 1 saturated carbocycles. The summed E-state index contributed by atoms with van der Waals surface area (Å²) in [6.45, 7) is 1.65. The van der Waals surface area contributed by atoms with Crippen molar-refractivity contribution in [3.05, 3.63) is 35.7 Å². The van der Waals surface area contributed by atoms with Gasteiger partial charge in [-0.15, -0.1) is 0 Å². The second-order valence-corrected chi connectivity index (χ2v) is 5.80. The number of rotatable bonds is 3. The van der Waals surface area contributed by atoms with E-state index in [2.05, 4.69) is 4.98 Å². The number of nitrogens with zero attached hydrogens (tertiary/aromatic N) is 2. The maximum atomic E-state index is 12.7. The van der Waals surface area contributed by atoms with E-state index in [0.717, 1.165) is 19.2 Å². The Labute approximate surface area is 123 Å². The first-order valence-corrected chi connectivity index (χ1v) is 7.29. The molecule has 110 valence electrons. The van der Waals surface area contributed by atoms with Crippen LogP contribution in [0.1, 0.15) is 35.2 Å². The Morgan fingerprint density at radius 3 is 2.67 bits per heavy atom. The quantitative estimate of drug-likeness (QED) is 0.863. The molecule has 3 rings (SSSR count). The molecule has 2 heterocycles. The number of carbonyl (C=O) groups excluding carboxylic acids is 1. The minimum atomic E-state index is -1.03. The van der Waals surface area contributed by atoms with Gasteiger partial charge in [0.15, 0.2) is 0 Å². The SMILES string of the molecule is O=C(O)/C=C/c1cnccc1C(=O)N1CC2CCCC2C1. The summed E-state index contributed by atoms with van der Waals surface area (Å²) in [4.78, 5) is 29.2. The van der Waals surface area contributed by atoms with Gasteiger partial charge in [0, 0.05) is 42.7 Å². The molecule has 1 saturated heterocycles. The molecule has 0 aromatic carbocycles. The summed E-state index contributed by atoms with van der Waals surface area (Å²) in [6.07, 6.45) is 9.28. The van der Waals surface area contributed by atoms with E-state index >= 15 is 0 Å². The Morgan fingerprint density at radius 2 is 2.00 bits per heavy atom. The van der Waals surface area contributed by atoms with E-state index in [4.69, 9.17) is 5.11 Å². The van der Waals surface area contributed by atoms with Crippen LogP contribution in [0.15, 0.2) is 24.5 Å². The number of amides is 1. The van der Waals surface area contributed by atoms with Crippen LogP contribution in [0.5, 0.6) is 0 Å². The van der Waals surface area contributed by atoms with Crippen LogP contribution in [0.2, 0.25) is 0 Å². The van der Waals surface area contributed by atoms with Crippen LogP contribution in [-0.4, -0.2) is 40.0 Å². The second-order valence-electron chi connectivity index (χ2n) is 5.80. The zero-order chi connectivity index (χ0) is 14.8. The highest BCUT2D eigenvalue weighted by atomic mass is 16.4. The average Bonchev–Trinajstić information content (AvgIpc) is 3.05. The minimum absolute atomic E-state index is 0.0168. The van der Waals surface area contributed by atoms with Crippen LogP contribution in [-0.2, 0) is 4.79 Å². The third-order valence-electron chi connectivity index (χ3n) is 4.50.